The van der Waals surface area contributed by atoms with Crippen LogP contribution in [0.2, 0.25) is 0 Å². The number of nitrogens with one attached hydrogen (secondary N) is 1. The fourth-order valence-electron chi connectivity index (χ4n) is 3.14. The van der Waals surface area contributed by atoms with Crippen LogP contribution in [0.3, 0.4) is 0 Å². The van der Waals surface area contributed by atoms with Gasteiger partial charge in [0.15, 0.2) is 0 Å². The van der Waals surface area contributed by atoms with Crippen molar-refractivity contribution in [3.8, 4) is 5.75 Å². The zero-order valence-electron chi connectivity index (χ0n) is 15.2. The summed E-state index contributed by atoms with van der Waals surface area (Å²) in [7, 11) is 0. The molecule has 0 aliphatic carbocycles. The van der Waals surface area contributed by atoms with Gasteiger partial charge in [0.25, 0.3) is 0 Å². The van der Waals surface area contributed by atoms with Gasteiger partial charge in [0.1, 0.15) is 18.5 Å². The minimum absolute atomic E-state index is 0.182. The Morgan fingerprint density at radius 1 is 1.44 bits per heavy atom. The molecular weight excluding hydrogens is 320 g/mol. The molecule has 2 N–H and O–H groups in total. The van der Waals surface area contributed by atoms with Crippen molar-refractivity contribution in [2.24, 2.45) is 0 Å². The van der Waals surface area contributed by atoms with Gasteiger partial charge >= 0.3 is 5.97 Å². The summed E-state index contributed by atoms with van der Waals surface area (Å²) in [5, 5.41) is 13.4. The molecule has 0 saturated carbocycles. The van der Waals surface area contributed by atoms with Gasteiger partial charge in [-0.1, -0.05) is 13.0 Å². The topological polar surface area (TPSA) is 71.0 Å². The van der Waals surface area contributed by atoms with Crippen molar-refractivity contribution < 1.29 is 19.4 Å². The second-order valence-electron chi connectivity index (χ2n) is 6.30. The number of aliphatic hydroxyl groups excluding tert-OH is 1. The lowest BCUT2D eigenvalue weighted by Crippen LogP contribution is -2.41. The lowest BCUT2D eigenvalue weighted by Gasteiger charge is -2.23. The molecule has 2 rings (SSSR count). The van der Waals surface area contributed by atoms with Crippen LogP contribution in [0.4, 0.5) is 0 Å². The summed E-state index contributed by atoms with van der Waals surface area (Å²) < 4.78 is 10.6. The number of nitrogens with zero attached hydrogens (tertiary/aromatic N) is 1. The third-order valence-corrected chi connectivity index (χ3v) is 4.45. The summed E-state index contributed by atoms with van der Waals surface area (Å²) in [4.78, 5) is 14.2. The van der Waals surface area contributed by atoms with Crippen molar-refractivity contribution >= 4 is 5.97 Å². The van der Waals surface area contributed by atoms with Crippen LogP contribution in [0.25, 0.3) is 0 Å². The van der Waals surface area contributed by atoms with E-state index in [9.17, 15) is 9.90 Å². The van der Waals surface area contributed by atoms with Crippen LogP contribution in [-0.2, 0) is 4.74 Å². The van der Waals surface area contributed by atoms with E-state index < -0.39 is 6.10 Å². The third-order valence-electron chi connectivity index (χ3n) is 4.45. The summed E-state index contributed by atoms with van der Waals surface area (Å²) in [6.07, 6.45) is 1.87. The number of ether oxygens (including phenoxy) is 2. The molecular formula is C19H30N2O4. The van der Waals surface area contributed by atoms with Crippen LogP contribution in [0.1, 0.15) is 37.0 Å². The fourth-order valence-corrected chi connectivity index (χ4v) is 3.14. The van der Waals surface area contributed by atoms with Crippen LogP contribution < -0.4 is 10.1 Å². The van der Waals surface area contributed by atoms with Gasteiger partial charge in [-0.25, -0.2) is 4.79 Å². The van der Waals surface area contributed by atoms with E-state index in [2.05, 4.69) is 17.1 Å². The smallest absolute Gasteiger partial charge is 0.338 e. The molecule has 0 amide bonds. The van der Waals surface area contributed by atoms with Crippen molar-refractivity contribution in [3.63, 3.8) is 0 Å². The van der Waals surface area contributed by atoms with Gasteiger partial charge in [-0.3, -0.25) is 4.90 Å². The average molecular weight is 350 g/mol. The van der Waals surface area contributed by atoms with Gasteiger partial charge in [-0.15, -0.1) is 0 Å². The van der Waals surface area contributed by atoms with Crippen LogP contribution in [0.5, 0.6) is 5.75 Å². The first-order chi connectivity index (χ1) is 12.1. The van der Waals surface area contributed by atoms with E-state index in [1.54, 1.807) is 31.2 Å². The Morgan fingerprint density at radius 3 is 3.04 bits per heavy atom. The maximum atomic E-state index is 11.7. The largest absolute Gasteiger partial charge is 0.491 e. The van der Waals surface area contributed by atoms with Crippen molar-refractivity contribution in [1.82, 2.24) is 10.2 Å². The Balaban J connectivity index is 1.70. The van der Waals surface area contributed by atoms with Crippen molar-refractivity contribution in [2.45, 2.75) is 38.8 Å². The molecule has 0 bridgehead atoms. The minimum Gasteiger partial charge on any atom is -0.491 e. The number of hydrogen-bond donors (Lipinski definition) is 2. The predicted molar refractivity (Wildman–Crippen MR) is 97.0 cm³/mol. The Labute approximate surface area is 150 Å². The second-order valence-corrected chi connectivity index (χ2v) is 6.30. The number of likely N-dealkylation sites (N-methyl/N-ethyl adjacent to an activating group) is 1. The maximum absolute atomic E-state index is 11.7. The standard InChI is InChI=1S/C19H30N2O4/c1-3-21-10-6-8-16(21)12-20-13-17(22)14-25-18-9-5-7-15(11-18)19(23)24-4-2/h5,7,9,11,16-17,20,22H,3-4,6,8,10,12-14H2,1-2H3/t16-,17+/m1/s1. The molecule has 140 valence electrons. The number of hydrogen-bond acceptors (Lipinski definition) is 6. The van der Waals surface area contributed by atoms with E-state index in [4.69, 9.17) is 9.47 Å². The molecule has 0 spiro atoms. The van der Waals surface area contributed by atoms with E-state index in [1.165, 1.54) is 19.4 Å². The number of likely N-dealkylation sites (tertiary alicyclic amines) is 1. The van der Waals surface area contributed by atoms with Crippen molar-refractivity contribution in [2.75, 3.05) is 39.4 Å². The molecule has 2 atom stereocenters. The van der Waals surface area contributed by atoms with Gasteiger partial charge in [-0.2, -0.15) is 0 Å². The number of carbonyl (C=O) groups is 1. The zero-order chi connectivity index (χ0) is 18.1. The molecule has 1 heterocycles. The monoisotopic (exact) mass is 350 g/mol. The number of carbonyl (C=O) groups excluding carboxylic acids is 1. The molecule has 1 fully saturated rings. The van der Waals surface area contributed by atoms with E-state index in [0.29, 0.717) is 30.5 Å². The lowest BCUT2D eigenvalue weighted by atomic mass is 10.2. The van der Waals surface area contributed by atoms with E-state index in [0.717, 1.165) is 13.1 Å². The molecule has 0 unspecified atom stereocenters. The molecule has 0 radical (unpaired) electrons. The minimum atomic E-state index is -0.595. The molecule has 6 nitrogen and oxygen atoms in total. The van der Waals surface area contributed by atoms with E-state index >= 15 is 0 Å². The first-order valence-corrected chi connectivity index (χ1v) is 9.16. The second kappa shape index (κ2) is 10.4. The van der Waals surface area contributed by atoms with Crippen LogP contribution in [-0.4, -0.2) is 67.5 Å². The Morgan fingerprint density at radius 2 is 2.28 bits per heavy atom. The summed E-state index contributed by atoms with van der Waals surface area (Å²) in [5.41, 5.74) is 0.452. The van der Waals surface area contributed by atoms with Crippen molar-refractivity contribution in [1.29, 1.82) is 0 Å². The highest BCUT2D eigenvalue weighted by Crippen LogP contribution is 2.16. The highest BCUT2D eigenvalue weighted by atomic mass is 16.5. The summed E-state index contributed by atoms with van der Waals surface area (Å²) in [6, 6.07) is 7.39. The summed E-state index contributed by atoms with van der Waals surface area (Å²) >= 11 is 0. The summed E-state index contributed by atoms with van der Waals surface area (Å²) in [5.74, 6) is 0.185. The molecule has 25 heavy (non-hydrogen) atoms. The maximum Gasteiger partial charge on any atom is 0.338 e. The average Bonchev–Trinajstić information content (AvgIpc) is 3.08. The summed E-state index contributed by atoms with van der Waals surface area (Å²) in [6.45, 7) is 8.11. The van der Waals surface area contributed by atoms with Crippen LogP contribution >= 0.6 is 0 Å². The predicted octanol–water partition coefficient (Wildman–Crippen LogP) is 1.68. The van der Waals surface area contributed by atoms with E-state index in [1.807, 2.05) is 0 Å². The highest BCUT2D eigenvalue weighted by Gasteiger charge is 2.22. The normalized spacial score (nSPS) is 18.9. The lowest BCUT2D eigenvalue weighted by molar-refractivity contribution is 0.0525. The van der Waals surface area contributed by atoms with Crippen LogP contribution in [0, 0.1) is 0 Å². The van der Waals surface area contributed by atoms with Gasteiger partial charge in [0.05, 0.1) is 12.2 Å². The Hall–Kier alpha value is -1.63. The van der Waals surface area contributed by atoms with Gasteiger partial charge in [0, 0.05) is 19.1 Å². The fraction of sp³-hybridized carbons (Fsp3) is 0.632. The highest BCUT2D eigenvalue weighted by molar-refractivity contribution is 5.89. The van der Waals surface area contributed by atoms with Gasteiger partial charge in [-0.05, 0) is 51.1 Å². The third kappa shape index (κ3) is 6.30. The van der Waals surface area contributed by atoms with Gasteiger partial charge < -0.3 is 19.9 Å². The Bertz CT molecular complexity index is 538. The number of rotatable bonds is 10. The van der Waals surface area contributed by atoms with Crippen LogP contribution in [0.15, 0.2) is 24.3 Å². The number of benzene rings is 1. The van der Waals surface area contributed by atoms with E-state index in [-0.39, 0.29) is 12.6 Å². The molecule has 1 aromatic rings. The number of esters is 1. The molecule has 0 aromatic heterocycles. The Kier molecular flexibility index (Phi) is 8.18. The molecule has 6 heteroatoms. The zero-order valence-corrected chi connectivity index (χ0v) is 15.2. The number of aliphatic hydroxyl groups is 1. The SMILES string of the molecule is CCOC(=O)c1cccc(OC[C@@H](O)CNC[C@H]2CCCN2CC)c1. The van der Waals surface area contributed by atoms with Gasteiger partial charge in [0.2, 0.25) is 0 Å². The first-order valence-electron chi connectivity index (χ1n) is 9.16. The molecule has 1 aromatic carbocycles. The van der Waals surface area contributed by atoms with Crippen molar-refractivity contribution in [3.05, 3.63) is 29.8 Å². The molecule has 1 saturated heterocycles. The quantitative estimate of drug-likeness (QED) is 0.626. The first kappa shape index (κ1) is 19.7. The molecule has 1 aliphatic heterocycles. The molecule has 1 aliphatic rings.